The summed E-state index contributed by atoms with van der Waals surface area (Å²) in [6.07, 6.45) is 1.14. The van der Waals surface area contributed by atoms with Crippen molar-refractivity contribution in [3.05, 3.63) is 138 Å². The van der Waals surface area contributed by atoms with Crippen LogP contribution in [0.25, 0.3) is 0 Å². The van der Waals surface area contributed by atoms with E-state index in [-0.39, 0.29) is 19.8 Å². The molecule has 0 aromatic heterocycles. The predicted molar refractivity (Wildman–Crippen MR) is 169 cm³/mol. The fourth-order valence-electron chi connectivity index (χ4n) is 5.05. The summed E-state index contributed by atoms with van der Waals surface area (Å²) in [5, 5.41) is 0. The standard InChI is InChI=1S/C37H38O8/c1-39-30-17-13-26(14-18-30)23-43-35-33(42-25-29-11-7-8-12-32(29)41-3)21-22-34(45-37(38)28-9-5-4-6-10-28)36(35)44-24-27-15-19-31(40-2)20-16-27/h4-22,33-36H,23-25H2,1-3H3/t33-,34-,35+,36+/m0/s1. The van der Waals surface area contributed by atoms with E-state index in [1.165, 1.54) is 0 Å². The third-order valence-corrected chi connectivity index (χ3v) is 7.54. The Morgan fingerprint density at radius 2 is 1.09 bits per heavy atom. The van der Waals surface area contributed by atoms with Gasteiger partial charge in [0.2, 0.25) is 0 Å². The zero-order chi connectivity index (χ0) is 31.4. The molecule has 4 aromatic rings. The van der Waals surface area contributed by atoms with E-state index >= 15 is 0 Å². The number of para-hydroxylation sites is 1. The van der Waals surface area contributed by atoms with Crippen molar-refractivity contribution in [3.63, 3.8) is 0 Å². The van der Waals surface area contributed by atoms with E-state index in [0.717, 1.165) is 33.9 Å². The summed E-state index contributed by atoms with van der Waals surface area (Å²) >= 11 is 0. The lowest BCUT2D eigenvalue weighted by molar-refractivity contribution is -0.168. The van der Waals surface area contributed by atoms with Gasteiger partial charge in [-0.1, -0.05) is 66.7 Å². The van der Waals surface area contributed by atoms with Crippen LogP contribution in [0.4, 0.5) is 0 Å². The number of rotatable bonds is 14. The zero-order valence-corrected chi connectivity index (χ0v) is 25.7. The average Bonchev–Trinajstić information content (AvgIpc) is 3.10. The van der Waals surface area contributed by atoms with Crippen LogP contribution in [0.2, 0.25) is 0 Å². The second-order valence-corrected chi connectivity index (χ2v) is 10.5. The molecule has 0 N–H and O–H groups in total. The second-order valence-electron chi connectivity index (χ2n) is 10.5. The third kappa shape index (κ3) is 8.51. The molecular formula is C37H38O8. The number of hydrogen-bond acceptors (Lipinski definition) is 8. The first kappa shape index (κ1) is 31.8. The van der Waals surface area contributed by atoms with Crippen molar-refractivity contribution < 1.29 is 38.0 Å². The summed E-state index contributed by atoms with van der Waals surface area (Å²) < 4.78 is 41.7. The molecule has 0 fully saturated rings. The number of carbonyl (C=O) groups is 1. The van der Waals surface area contributed by atoms with Gasteiger partial charge >= 0.3 is 5.97 Å². The molecule has 0 saturated heterocycles. The van der Waals surface area contributed by atoms with E-state index in [9.17, 15) is 4.79 Å². The molecule has 0 aliphatic heterocycles. The minimum atomic E-state index is -0.733. The number of carbonyl (C=O) groups excluding carboxylic acids is 1. The van der Waals surface area contributed by atoms with Gasteiger partial charge < -0.3 is 33.2 Å². The highest BCUT2D eigenvalue weighted by molar-refractivity contribution is 5.89. The molecular weight excluding hydrogens is 572 g/mol. The molecule has 0 unspecified atom stereocenters. The first-order valence-electron chi connectivity index (χ1n) is 14.7. The summed E-state index contributed by atoms with van der Waals surface area (Å²) in [6, 6.07) is 31.9. The summed E-state index contributed by atoms with van der Waals surface area (Å²) in [7, 11) is 4.89. The Morgan fingerprint density at radius 1 is 0.556 bits per heavy atom. The van der Waals surface area contributed by atoms with Gasteiger partial charge in [-0.2, -0.15) is 0 Å². The van der Waals surface area contributed by atoms with Gasteiger partial charge in [0, 0.05) is 5.56 Å². The van der Waals surface area contributed by atoms with Gasteiger partial charge in [-0.3, -0.25) is 0 Å². The molecule has 1 aliphatic rings. The maximum atomic E-state index is 13.2. The lowest BCUT2D eigenvalue weighted by atomic mass is 9.95. The van der Waals surface area contributed by atoms with Crippen LogP contribution >= 0.6 is 0 Å². The number of esters is 1. The van der Waals surface area contributed by atoms with Crippen molar-refractivity contribution in [3.8, 4) is 17.2 Å². The molecule has 1 aliphatic carbocycles. The SMILES string of the molecule is COc1ccc(CO[C@H]2[C@H](OCc3ccc(OC)cc3)[C@@H](OC(=O)c3ccccc3)C=C[C@@H]2OCc2ccccc2OC)cc1. The van der Waals surface area contributed by atoms with Gasteiger partial charge in [-0.15, -0.1) is 0 Å². The van der Waals surface area contributed by atoms with Crippen molar-refractivity contribution in [2.75, 3.05) is 21.3 Å². The number of ether oxygens (including phenoxy) is 7. The maximum absolute atomic E-state index is 13.2. The normalized spacial score (nSPS) is 19.1. The number of benzene rings is 4. The number of methoxy groups -OCH3 is 3. The van der Waals surface area contributed by atoms with Crippen molar-refractivity contribution in [2.24, 2.45) is 0 Å². The molecule has 0 saturated carbocycles. The Balaban J connectivity index is 1.42. The smallest absolute Gasteiger partial charge is 0.338 e. The topological polar surface area (TPSA) is 81.7 Å². The molecule has 5 rings (SSSR count). The van der Waals surface area contributed by atoms with Crippen molar-refractivity contribution in [1.29, 1.82) is 0 Å². The first-order chi connectivity index (χ1) is 22.1. The van der Waals surface area contributed by atoms with E-state index < -0.39 is 30.4 Å². The monoisotopic (exact) mass is 610 g/mol. The first-order valence-corrected chi connectivity index (χ1v) is 14.7. The van der Waals surface area contributed by atoms with E-state index in [1.54, 1.807) is 45.6 Å². The molecule has 8 heteroatoms. The van der Waals surface area contributed by atoms with Gasteiger partial charge in [0.05, 0.1) is 46.7 Å². The fourth-order valence-corrected chi connectivity index (χ4v) is 5.05. The van der Waals surface area contributed by atoms with Gasteiger partial charge in [-0.05, 0) is 59.7 Å². The third-order valence-electron chi connectivity index (χ3n) is 7.54. The van der Waals surface area contributed by atoms with Crippen LogP contribution in [0.5, 0.6) is 17.2 Å². The largest absolute Gasteiger partial charge is 0.497 e. The Labute approximate surface area is 264 Å². The maximum Gasteiger partial charge on any atom is 0.338 e. The van der Waals surface area contributed by atoms with Crippen LogP contribution in [-0.2, 0) is 38.8 Å². The quantitative estimate of drug-likeness (QED) is 0.117. The molecule has 0 radical (unpaired) electrons. The number of hydrogen-bond donors (Lipinski definition) is 0. The molecule has 0 heterocycles. The summed E-state index contributed by atoms with van der Waals surface area (Å²) in [4.78, 5) is 13.2. The molecule has 0 amide bonds. The molecule has 4 atom stereocenters. The van der Waals surface area contributed by atoms with Crippen LogP contribution < -0.4 is 14.2 Å². The van der Waals surface area contributed by atoms with Crippen LogP contribution in [-0.4, -0.2) is 51.7 Å². The highest BCUT2D eigenvalue weighted by Crippen LogP contribution is 2.29. The van der Waals surface area contributed by atoms with E-state index in [2.05, 4.69) is 0 Å². The van der Waals surface area contributed by atoms with E-state index in [4.69, 9.17) is 33.2 Å². The Morgan fingerprint density at radius 3 is 1.67 bits per heavy atom. The van der Waals surface area contributed by atoms with Crippen LogP contribution in [0.15, 0.2) is 115 Å². The highest BCUT2D eigenvalue weighted by atomic mass is 16.6. The van der Waals surface area contributed by atoms with Gasteiger partial charge in [0.25, 0.3) is 0 Å². The van der Waals surface area contributed by atoms with E-state index in [0.29, 0.717) is 5.56 Å². The lowest BCUT2D eigenvalue weighted by Gasteiger charge is -2.38. The van der Waals surface area contributed by atoms with Crippen LogP contribution in [0.3, 0.4) is 0 Å². The minimum Gasteiger partial charge on any atom is -0.497 e. The Kier molecular flexibility index (Phi) is 11.2. The lowest BCUT2D eigenvalue weighted by Crippen LogP contribution is -2.51. The Hall–Kier alpha value is -4.63. The fraction of sp³-hybridized carbons (Fsp3) is 0.270. The molecule has 234 valence electrons. The van der Waals surface area contributed by atoms with Crippen molar-refractivity contribution in [1.82, 2.24) is 0 Å². The van der Waals surface area contributed by atoms with Gasteiger partial charge in [0.15, 0.2) is 0 Å². The van der Waals surface area contributed by atoms with Crippen molar-refractivity contribution >= 4 is 5.97 Å². The highest BCUT2D eigenvalue weighted by Gasteiger charge is 2.41. The molecule has 45 heavy (non-hydrogen) atoms. The molecule has 0 spiro atoms. The van der Waals surface area contributed by atoms with Crippen molar-refractivity contribution in [2.45, 2.75) is 44.2 Å². The van der Waals surface area contributed by atoms with Crippen LogP contribution in [0.1, 0.15) is 27.0 Å². The second kappa shape index (κ2) is 15.9. The molecule has 4 aromatic carbocycles. The molecule has 8 nitrogen and oxygen atoms in total. The van der Waals surface area contributed by atoms with Gasteiger partial charge in [-0.25, -0.2) is 4.79 Å². The summed E-state index contributed by atoms with van der Waals surface area (Å²) in [5.41, 5.74) is 3.22. The van der Waals surface area contributed by atoms with Crippen LogP contribution in [0, 0.1) is 0 Å². The predicted octanol–water partition coefficient (Wildman–Crippen LogP) is 6.56. The summed E-state index contributed by atoms with van der Waals surface area (Å²) in [5.74, 6) is 1.78. The van der Waals surface area contributed by atoms with Gasteiger partial charge in [0.1, 0.15) is 41.7 Å². The Bertz CT molecular complexity index is 1520. The summed E-state index contributed by atoms with van der Waals surface area (Å²) in [6.45, 7) is 0.809. The van der Waals surface area contributed by atoms with E-state index in [1.807, 2.05) is 91.0 Å². The average molecular weight is 611 g/mol. The minimum absolute atomic E-state index is 0.253. The zero-order valence-electron chi connectivity index (χ0n) is 25.7. The molecule has 0 bridgehead atoms.